The summed E-state index contributed by atoms with van der Waals surface area (Å²) in [7, 11) is 0. The standard InChI is InChI=1S/C34H29F3N4O4/c1-2-44-32(43)26-12-6-8-22(18-26)21-45-28-16-14-24(15-17-28)30-29(23-9-4-3-5-10-23)20-41(40-30)33(38)39-31(42)25-11-7-13-27(19-25)34(35,36)37/h3-19,29H,2,20-21H2,1H3,(H2,38,39,42). The molecule has 230 valence electrons. The van der Waals surface area contributed by atoms with Gasteiger partial charge in [-0.25, -0.2) is 9.80 Å². The van der Waals surface area contributed by atoms with Crippen LogP contribution in [0.25, 0.3) is 0 Å². The topological polar surface area (TPSA) is 107 Å². The molecule has 1 unspecified atom stereocenters. The smallest absolute Gasteiger partial charge is 0.416 e. The first kappa shape index (κ1) is 31.0. The fourth-order valence-electron chi connectivity index (χ4n) is 4.80. The minimum absolute atomic E-state index is 0.235. The quantitative estimate of drug-likeness (QED) is 0.140. The van der Waals surface area contributed by atoms with Gasteiger partial charge in [0.05, 0.1) is 30.0 Å². The molecule has 1 atom stereocenters. The number of hydrogen-bond donors (Lipinski definition) is 1. The van der Waals surface area contributed by atoms with Gasteiger partial charge in [-0.15, -0.1) is 0 Å². The van der Waals surface area contributed by atoms with Crippen molar-refractivity contribution < 1.29 is 32.2 Å². The van der Waals surface area contributed by atoms with Gasteiger partial charge < -0.3 is 15.2 Å². The number of nitrogens with zero attached hydrogens (tertiary/aromatic N) is 3. The number of carbonyl (C=O) groups is 2. The number of ether oxygens (including phenoxy) is 2. The van der Waals surface area contributed by atoms with E-state index in [2.05, 4.69) is 10.1 Å². The molecule has 0 aliphatic carbocycles. The van der Waals surface area contributed by atoms with E-state index in [0.29, 0.717) is 17.0 Å². The van der Waals surface area contributed by atoms with Crippen LogP contribution in [0.2, 0.25) is 0 Å². The molecule has 11 heteroatoms. The Morgan fingerprint density at radius 3 is 2.36 bits per heavy atom. The lowest BCUT2D eigenvalue weighted by Gasteiger charge is -2.16. The van der Waals surface area contributed by atoms with E-state index in [1.54, 1.807) is 37.3 Å². The number of alkyl halides is 3. The van der Waals surface area contributed by atoms with Gasteiger partial charge in [-0.2, -0.15) is 23.3 Å². The van der Waals surface area contributed by atoms with Crippen LogP contribution >= 0.6 is 0 Å². The molecule has 0 aromatic heterocycles. The number of rotatable bonds is 8. The van der Waals surface area contributed by atoms with Crippen molar-refractivity contribution in [3.63, 3.8) is 0 Å². The van der Waals surface area contributed by atoms with E-state index in [0.717, 1.165) is 34.9 Å². The molecule has 45 heavy (non-hydrogen) atoms. The molecule has 1 heterocycles. The summed E-state index contributed by atoms with van der Waals surface area (Å²) in [5.41, 5.74) is 8.63. The third-order valence-electron chi connectivity index (χ3n) is 7.03. The lowest BCUT2D eigenvalue weighted by Crippen LogP contribution is -2.33. The molecule has 1 aliphatic heterocycles. The normalized spacial score (nSPS) is 15.0. The summed E-state index contributed by atoms with van der Waals surface area (Å²) in [6.07, 6.45) is -4.60. The lowest BCUT2D eigenvalue weighted by molar-refractivity contribution is -0.137. The van der Waals surface area contributed by atoms with Crippen molar-refractivity contribution in [1.29, 1.82) is 0 Å². The van der Waals surface area contributed by atoms with E-state index >= 15 is 0 Å². The number of esters is 1. The second-order valence-corrected chi connectivity index (χ2v) is 10.1. The van der Waals surface area contributed by atoms with Crippen molar-refractivity contribution in [3.05, 3.63) is 137 Å². The van der Waals surface area contributed by atoms with Gasteiger partial charge in [0.2, 0.25) is 5.96 Å². The third kappa shape index (κ3) is 7.56. The Hall–Kier alpha value is -5.45. The molecule has 8 nitrogen and oxygen atoms in total. The maximum Gasteiger partial charge on any atom is 0.416 e. The number of hydrogen-bond acceptors (Lipinski definition) is 5. The van der Waals surface area contributed by atoms with Crippen LogP contribution in [0, 0.1) is 0 Å². The average Bonchev–Trinajstić information content (AvgIpc) is 3.50. The zero-order valence-electron chi connectivity index (χ0n) is 24.2. The minimum atomic E-state index is -4.60. The minimum Gasteiger partial charge on any atom is -0.489 e. The number of amides is 1. The highest BCUT2D eigenvalue weighted by Gasteiger charge is 2.32. The highest BCUT2D eigenvalue weighted by molar-refractivity contribution is 6.08. The SMILES string of the molecule is CCOC(=O)c1cccc(COc2ccc(C3=NN(C(N)=NC(=O)c4cccc(C(F)(F)F)c4)CC3c3ccccc3)cc2)c1. The van der Waals surface area contributed by atoms with Crippen LogP contribution in [-0.2, 0) is 17.5 Å². The summed E-state index contributed by atoms with van der Waals surface area (Å²) in [6, 6.07) is 27.9. The van der Waals surface area contributed by atoms with Gasteiger partial charge in [-0.05, 0) is 78.2 Å². The number of benzene rings is 4. The summed E-state index contributed by atoms with van der Waals surface area (Å²) < 4.78 is 50.4. The second kappa shape index (κ2) is 13.5. The van der Waals surface area contributed by atoms with E-state index in [1.807, 2.05) is 48.5 Å². The second-order valence-electron chi connectivity index (χ2n) is 10.1. The maximum atomic E-state index is 13.1. The molecule has 2 N–H and O–H groups in total. The average molecular weight is 615 g/mol. The Morgan fingerprint density at radius 2 is 1.64 bits per heavy atom. The largest absolute Gasteiger partial charge is 0.489 e. The van der Waals surface area contributed by atoms with Gasteiger partial charge in [0, 0.05) is 11.5 Å². The zero-order chi connectivity index (χ0) is 32.0. The van der Waals surface area contributed by atoms with Crippen molar-refractivity contribution in [1.82, 2.24) is 5.01 Å². The van der Waals surface area contributed by atoms with E-state index < -0.39 is 23.6 Å². The lowest BCUT2D eigenvalue weighted by atomic mass is 9.90. The number of aliphatic imine (C=N–C) groups is 1. The molecule has 1 amide bonds. The molecule has 5 rings (SSSR count). The van der Waals surface area contributed by atoms with Crippen LogP contribution in [0.5, 0.6) is 5.75 Å². The number of carbonyl (C=O) groups excluding carboxylic acids is 2. The van der Waals surface area contributed by atoms with E-state index in [-0.39, 0.29) is 37.2 Å². The van der Waals surface area contributed by atoms with Gasteiger partial charge in [0.15, 0.2) is 0 Å². The van der Waals surface area contributed by atoms with E-state index in [1.165, 1.54) is 11.1 Å². The van der Waals surface area contributed by atoms with E-state index in [9.17, 15) is 22.8 Å². The van der Waals surface area contributed by atoms with Crippen molar-refractivity contribution in [2.45, 2.75) is 25.6 Å². The zero-order valence-corrected chi connectivity index (χ0v) is 24.2. The van der Waals surface area contributed by atoms with Crippen LogP contribution in [0.4, 0.5) is 13.2 Å². The highest BCUT2D eigenvalue weighted by Crippen LogP contribution is 2.31. The fraction of sp³-hybridized carbons (Fsp3) is 0.176. The van der Waals surface area contributed by atoms with Crippen molar-refractivity contribution >= 4 is 23.5 Å². The summed E-state index contributed by atoms with van der Waals surface area (Å²) in [6.45, 7) is 2.54. The Bertz CT molecular complexity index is 1740. The molecule has 0 saturated carbocycles. The maximum absolute atomic E-state index is 13.1. The Kier molecular flexibility index (Phi) is 9.27. The number of nitrogens with two attached hydrogens (primary N) is 1. The van der Waals surface area contributed by atoms with Crippen molar-refractivity contribution in [2.75, 3.05) is 13.2 Å². The van der Waals surface area contributed by atoms with Crippen molar-refractivity contribution in [2.24, 2.45) is 15.8 Å². The molecule has 0 spiro atoms. The molecule has 0 saturated heterocycles. The Labute approximate surface area is 257 Å². The van der Waals surface area contributed by atoms with Gasteiger partial charge >= 0.3 is 12.1 Å². The molecular weight excluding hydrogens is 585 g/mol. The van der Waals surface area contributed by atoms with Gasteiger partial charge in [0.25, 0.3) is 5.91 Å². The van der Waals surface area contributed by atoms with Crippen LogP contribution in [-0.4, -0.2) is 41.7 Å². The third-order valence-corrected chi connectivity index (χ3v) is 7.03. The highest BCUT2D eigenvalue weighted by atomic mass is 19.4. The Balaban J connectivity index is 1.34. The molecule has 4 aromatic rings. The monoisotopic (exact) mass is 614 g/mol. The predicted octanol–water partition coefficient (Wildman–Crippen LogP) is 6.42. The first-order valence-corrected chi connectivity index (χ1v) is 14.1. The van der Waals surface area contributed by atoms with Crippen LogP contribution in [0.15, 0.2) is 113 Å². The van der Waals surface area contributed by atoms with Crippen molar-refractivity contribution in [3.8, 4) is 5.75 Å². The van der Waals surface area contributed by atoms with Crippen LogP contribution < -0.4 is 10.5 Å². The predicted molar refractivity (Wildman–Crippen MR) is 163 cm³/mol. The van der Waals surface area contributed by atoms with Gasteiger partial charge in [-0.3, -0.25) is 4.79 Å². The Morgan fingerprint density at radius 1 is 0.933 bits per heavy atom. The molecule has 0 bridgehead atoms. The number of hydrazone groups is 1. The molecule has 0 fully saturated rings. The first-order chi connectivity index (χ1) is 21.6. The fourth-order valence-corrected chi connectivity index (χ4v) is 4.80. The molecule has 1 aliphatic rings. The van der Waals surface area contributed by atoms with Crippen LogP contribution in [0.3, 0.4) is 0 Å². The molecule has 0 radical (unpaired) electrons. The van der Waals surface area contributed by atoms with Gasteiger partial charge in [0.1, 0.15) is 12.4 Å². The summed E-state index contributed by atoms with van der Waals surface area (Å²) in [5, 5.41) is 6.04. The van der Waals surface area contributed by atoms with Gasteiger partial charge in [-0.1, -0.05) is 48.5 Å². The van der Waals surface area contributed by atoms with Crippen LogP contribution in [0.1, 0.15) is 55.8 Å². The molecule has 4 aromatic carbocycles. The summed E-state index contributed by atoms with van der Waals surface area (Å²) >= 11 is 0. The number of halogens is 3. The van der Waals surface area contributed by atoms with E-state index in [4.69, 9.17) is 15.2 Å². The summed E-state index contributed by atoms with van der Waals surface area (Å²) in [5.74, 6) is -1.18. The number of guanidine groups is 1. The summed E-state index contributed by atoms with van der Waals surface area (Å²) in [4.78, 5) is 28.6. The first-order valence-electron chi connectivity index (χ1n) is 14.1. The molecular formula is C34H29F3N4O4.